The number of aliphatic hydroxyl groups is 1. The lowest BCUT2D eigenvalue weighted by Crippen LogP contribution is -2.58. The van der Waals surface area contributed by atoms with Gasteiger partial charge in [0.25, 0.3) is 0 Å². The maximum Gasteiger partial charge on any atom is 0.303 e. The van der Waals surface area contributed by atoms with Gasteiger partial charge < -0.3 is 10.2 Å². The number of ketones is 1. The Morgan fingerprint density at radius 3 is 2.54 bits per heavy atom. The molecule has 4 rings (SSSR count). The largest absolute Gasteiger partial charge is 0.481 e. The van der Waals surface area contributed by atoms with Crippen LogP contribution in [0.1, 0.15) is 84.5 Å². The minimum atomic E-state index is -0.852. The van der Waals surface area contributed by atoms with Crippen molar-refractivity contribution in [3.63, 3.8) is 0 Å². The lowest BCUT2D eigenvalue weighted by Gasteiger charge is -2.60. The molecule has 0 spiro atoms. The van der Waals surface area contributed by atoms with E-state index in [1.165, 1.54) is 12.8 Å². The number of aliphatic carboxylic acids is 1. The average Bonchev–Trinajstić information content (AvgIpc) is 2.86. The third-order valence-corrected chi connectivity index (χ3v) is 9.54. The Morgan fingerprint density at radius 1 is 1.08 bits per heavy atom. The molecule has 1 unspecified atom stereocenters. The second-order valence-corrected chi connectivity index (χ2v) is 10.2. The Kier molecular flexibility index (Phi) is 4.30. The molecule has 0 amide bonds. The van der Waals surface area contributed by atoms with Gasteiger partial charge in [-0.05, 0) is 86.9 Å². The highest BCUT2D eigenvalue weighted by atomic mass is 16.4. The van der Waals surface area contributed by atoms with Gasteiger partial charge in [0.2, 0.25) is 0 Å². The number of rotatable bonds is 3. The molecule has 0 bridgehead atoms. The van der Waals surface area contributed by atoms with Gasteiger partial charge in [0, 0.05) is 18.3 Å². The summed E-state index contributed by atoms with van der Waals surface area (Å²) in [5.74, 6) is 1.66. The van der Waals surface area contributed by atoms with Gasteiger partial charge in [-0.2, -0.15) is 0 Å². The predicted octanol–water partition coefficient (Wildman–Crippen LogP) is 4.19. The molecule has 0 aromatic heterocycles. The molecule has 0 saturated heterocycles. The van der Waals surface area contributed by atoms with Crippen LogP contribution in [0.5, 0.6) is 0 Å². The molecule has 0 aliphatic heterocycles. The minimum Gasteiger partial charge on any atom is -0.481 e. The summed E-state index contributed by atoms with van der Waals surface area (Å²) in [5.41, 5.74) is -1.19. The zero-order valence-corrected chi connectivity index (χ0v) is 16.3. The fourth-order valence-electron chi connectivity index (χ4n) is 7.92. The monoisotopic (exact) mass is 362 g/mol. The van der Waals surface area contributed by atoms with Gasteiger partial charge >= 0.3 is 5.97 Å². The van der Waals surface area contributed by atoms with Gasteiger partial charge in [-0.15, -0.1) is 0 Å². The van der Waals surface area contributed by atoms with Crippen LogP contribution in [-0.4, -0.2) is 27.6 Å². The molecule has 2 N–H and O–H groups in total. The molecule has 146 valence electrons. The van der Waals surface area contributed by atoms with Crippen molar-refractivity contribution in [2.75, 3.05) is 0 Å². The molecular weight excluding hydrogens is 328 g/mol. The van der Waals surface area contributed by atoms with Crippen LogP contribution in [-0.2, 0) is 9.59 Å². The molecule has 4 aliphatic carbocycles. The second kappa shape index (κ2) is 6.05. The van der Waals surface area contributed by atoms with E-state index in [-0.39, 0.29) is 17.3 Å². The summed E-state index contributed by atoms with van der Waals surface area (Å²) in [6.07, 6.45) is 9.44. The quantitative estimate of drug-likeness (QED) is 0.789. The van der Waals surface area contributed by atoms with Crippen molar-refractivity contribution in [1.29, 1.82) is 0 Å². The van der Waals surface area contributed by atoms with Crippen molar-refractivity contribution in [2.24, 2.45) is 34.5 Å². The highest BCUT2D eigenvalue weighted by Crippen LogP contribution is 2.68. The normalized spacial score (nSPS) is 50.7. The lowest BCUT2D eigenvalue weighted by molar-refractivity contribution is -0.168. The maximum atomic E-state index is 13.0. The SMILES string of the molecule is C[C@]12C(=O)CCCC1CC[C@@H]1[C@@H]2CC[C@@]2(C)[C@H]1CC[C@]2(O)CCC(=O)O. The fourth-order valence-corrected chi connectivity index (χ4v) is 7.92. The summed E-state index contributed by atoms with van der Waals surface area (Å²) in [6.45, 7) is 4.46. The summed E-state index contributed by atoms with van der Waals surface area (Å²) in [6, 6.07) is 0. The second-order valence-electron chi connectivity index (χ2n) is 10.2. The topological polar surface area (TPSA) is 74.6 Å². The number of carboxylic acids is 1. The van der Waals surface area contributed by atoms with Gasteiger partial charge in [-0.25, -0.2) is 0 Å². The Labute approximate surface area is 156 Å². The first-order valence-corrected chi connectivity index (χ1v) is 10.7. The minimum absolute atomic E-state index is 0.0468. The van der Waals surface area contributed by atoms with Crippen molar-refractivity contribution in [1.82, 2.24) is 0 Å². The summed E-state index contributed by atoms with van der Waals surface area (Å²) in [7, 11) is 0. The van der Waals surface area contributed by atoms with Gasteiger partial charge in [-0.3, -0.25) is 9.59 Å². The lowest BCUT2D eigenvalue weighted by atomic mass is 9.44. The molecule has 4 aliphatic rings. The Balaban J connectivity index is 1.61. The van der Waals surface area contributed by atoms with E-state index in [4.69, 9.17) is 5.11 Å². The molecule has 0 radical (unpaired) electrons. The van der Waals surface area contributed by atoms with Crippen molar-refractivity contribution >= 4 is 11.8 Å². The van der Waals surface area contributed by atoms with Gasteiger partial charge in [0.1, 0.15) is 5.78 Å². The molecule has 4 saturated carbocycles. The van der Waals surface area contributed by atoms with E-state index in [0.29, 0.717) is 35.9 Å². The van der Waals surface area contributed by atoms with Crippen molar-refractivity contribution in [2.45, 2.75) is 90.1 Å². The van der Waals surface area contributed by atoms with Crippen molar-refractivity contribution < 1.29 is 19.8 Å². The molecule has 4 fully saturated rings. The van der Waals surface area contributed by atoms with Crippen LogP contribution in [0.4, 0.5) is 0 Å². The van der Waals surface area contributed by atoms with Crippen LogP contribution in [0.3, 0.4) is 0 Å². The maximum absolute atomic E-state index is 13.0. The van der Waals surface area contributed by atoms with Gasteiger partial charge in [0.15, 0.2) is 0 Å². The van der Waals surface area contributed by atoms with E-state index in [1.807, 2.05) is 0 Å². The first-order chi connectivity index (χ1) is 12.2. The highest BCUT2D eigenvalue weighted by molar-refractivity contribution is 5.86. The van der Waals surface area contributed by atoms with E-state index in [1.54, 1.807) is 0 Å². The number of carbonyl (C=O) groups excluding carboxylic acids is 1. The molecule has 0 heterocycles. The van der Waals surface area contributed by atoms with Crippen LogP contribution in [0, 0.1) is 34.5 Å². The Hall–Kier alpha value is -0.900. The molecule has 26 heavy (non-hydrogen) atoms. The number of carboxylic acid groups (broad SMARTS) is 1. The first-order valence-electron chi connectivity index (χ1n) is 10.7. The standard InChI is InChI=1S/C22H34O4/c1-20-11-8-17-15(7-6-14-4-3-5-18(23)21(14,17)2)16(20)9-12-22(20,26)13-10-19(24)25/h14-17,26H,3-13H2,1-2H3,(H,24,25)/t14?,15-,16-,17-,20-,21-,22-/m0/s1. The van der Waals surface area contributed by atoms with E-state index >= 15 is 0 Å². The van der Waals surface area contributed by atoms with Gasteiger partial charge in [0.05, 0.1) is 5.60 Å². The number of hydrogen-bond donors (Lipinski definition) is 2. The molecular formula is C22H34O4. The van der Waals surface area contributed by atoms with Crippen molar-refractivity contribution in [3.8, 4) is 0 Å². The molecule has 7 atom stereocenters. The molecule has 0 aromatic carbocycles. The smallest absolute Gasteiger partial charge is 0.303 e. The number of hydrogen-bond acceptors (Lipinski definition) is 3. The Morgan fingerprint density at radius 2 is 1.81 bits per heavy atom. The zero-order chi connectivity index (χ0) is 18.7. The molecule has 4 heteroatoms. The number of fused-ring (bicyclic) bond motifs is 5. The Bertz CT molecular complexity index is 615. The van der Waals surface area contributed by atoms with Crippen LogP contribution >= 0.6 is 0 Å². The zero-order valence-electron chi connectivity index (χ0n) is 16.3. The summed E-state index contributed by atoms with van der Waals surface area (Å²) in [5, 5.41) is 20.5. The predicted molar refractivity (Wildman–Crippen MR) is 98.6 cm³/mol. The van der Waals surface area contributed by atoms with Gasteiger partial charge in [-0.1, -0.05) is 13.8 Å². The number of carbonyl (C=O) groups is 2. The summed E-state index contributed by atoms with van der Waals surface area (Å²) in [4.78, 5) is 24.0. The third-order valence-electron chi connectivity index (χ3n) is 9.54. The van der Waals surface area contributed by atoms with E-state index < -0.39 is 11.6 Å². The van der Waals surface area contributed by atoms with E-state index in [2.05, 4.69) is 13.8 Å². The third kappa shape index (κ3) is 2.36. The average molecular weight is 363 g/mol. The molecule has 0 aromatic rings. The number of Topliss-reactive ketones (excluding diaryl/α,β-unsaturated/α-hetero) is 1. The van der Waals surface area contributed by atoms with Crippen LogP contribution in [0.2, 0.25) is 0 Å². The fraction of sp³-hybridized carbons (Fsp3) is 0.909. The van der Waals surface area contributed by atoms with Crippen LogP contribution < -0.4 is 0 Å². The first kappa shape index (κ1) is 18.5. The van der Waals surface area contributed by atoms with Crippen LogP contribution in [0.25, 0.3) is 0 Å². The van der Waals surface area contributed by atoms with Crippen molar-refractivity contribution in [3.05, 3.63) is 0 Å². The summed E-state index contributed by atoms with van der Waals surface area (Å²) >= 11 is 0. The molecule has 4 nitrogen and oxygen atoms in total. The van der Waals surface area contributed by atoms with E-state index in [9.17, 15) is 14.7 Å². The van der Waals surface area contributed by atoms with E-state index in [0.717, 1.165) is 44.9 Å². The summed E-state index contributed by atoms with van der Waals surface area (Å²) < 4.78 is 0. The van der Waals surface area contributed by atoms with Crippen LogP contribution in [0.15, 0.2) is 0 Å². The highest BCUT2D eigenvalue weighted by Gasteiger charge is 2.65.